The molecule has 0 aromatic carbocycles. The normalized spacial score (nSPS) is 10.8. The van der Waals surface area contributed by atoms with Crippen molar-refractivity contribution < 1.29 is 8.78 Å². The van der Waals surface area contributed by atoms with Crippen LogP contribution in [0.25, 0.3) is 0 Å². The van der Waals surface area contributed by atoms with E-state index in [1.165, 1.54) is 6.07 Å². The number of hydrogen-bond acceptors (Lipinski definition) is 2. The zero-order valence-corrected chi connectivity index (χ0v) is 7.90. The van der Waals surface area contributed by atoms with Crippen molar-refractivity contribution in [2.45, 2.75) is 13.3 Å². The monoisotopic (exact) mass is 236 g/mol. The third-order valence-electron chi connectivity index (χ3n) is 1.44. The van der Waals surface area contributed by atoms with E-state index in [9.17, 15) is 8.78 Å². The Morgan fingerprint density at radius 2 is 2.17 bits per heavy atom. The highest BCUT2D eigenvalue weighted by molar-refractivity contribution is 9.10. The molecule has 1 aromatic heterocycles. The zero-order chi connectivity index (χ0) is 9.30. The van der Waals surface area contributed by atoms with Gasteiger partial charge in [0, 0.05) is 0 Å². The third kappa shape index (κ3) is 1.72. The van der Waals surface area contributed by atoms with E-state index in [2.05, 4.69) is 20.9 Å². The van der Waals surface area contributed by atoms with Crippen molar-refractivity contribution in [1.29, 1.82) is 0 Å². The lowest BCUT2D eigenvalue weighted by atomic mass is 10.2. The van der Waals surface area contributed by atoms with Crippen molar-refractivity contribution in [3.63, 3.8) is 0 Å². The predicted octanol–water partition coefficient (Wildman–Crippen LogP) is 2.67. The molecule has 0 aliphatic rings. The van der Waals surface area contributed by atoms with Crippen LogP contribution in [-0.2, 0) is 0 Å². The predicted molar refractivity (Wildman–Crippen MR) is 46.0 cm³/mol. The van der Waals surface area contributed by atoms with Crippen LogP contribution in [0.3, 0.4) is 0 Å². The fraction of sp³-hybridized carbons (Fsp3) is 0.286. The van der Waals surface area contributed by atoms with E-state index in [1.54, 1.807) is 6.92 Å². The van der Waals surface area contributed by atoms with Gasteiger partial charge in [0.25, 0.3) is 6.43 Å². The number of rotatable bonds is 1. The average Bonchev–Trinajstić information content (AvgIpc) is 1.96. The Labute approximate surface area is 76.9 Å². The second kappa shape index (κ2) is 3.35. The number of alkyl halides is 2. The molecule has 1 rings (SSSR count). The number of nitrogen functional groups attached to an aromatic ring is 1. The molecular weight excluding hydrogens is 230 g/mol. The number of anilines is 1. The minimum absolute atomic E-state index is 0.0934. The molecular formula is C7H7BrF2N2. The molecule has 2 nitrogen and oxygen atoms in total. The second-order valence-electron chi connectivity index (χ2n) is 2.36. The first-order chi connectivity index (χ1) is 5.52. The summed E-state index contributed by atoms with van der Waals surface area (Å²) in [6.07, 6.45) is -2.57. The SMILES string of the molecule is Cc1cc(Br)c(N)nc1C(F)F. The van der Waals surface area contributed by atoms with Gasteiger partial charge in [-0.05, 0) is 34.5 Å². The van der Waals surface area contributed by atoms with Crippen molar-refractivity contribution >= 4 is 21.7 Å². The van der Waals surface area contributed by atoms with Crippen molar-refractivity contribution in [2.75, 3.05) is 5.73 Å². The van der Waals surface area contributed by atoms with Crippen molar-refractivity contribution in [3.8, 4) is 0 Å². The number of halogens is 3. The van der Waals surface area contributed by atoms with E-state index >= 15 is 0 Å². The molecule has 2 N–H and O–H groups in total. The minimum Gasteiger partial charge on any atom is -0.383 e. The summed E-state index contributed by atoms with van der Waals surface area (Å²) in [6, 6.07) is 1.53. The molecule has 0 unspecified atom stereocenters. The molecule has 0 amide bonds. The number of nitrogens with two attached hydrogens (primary N) is 1. The van der Waals surface area contributed by atoms with Gasteiger partial charge in [0.15, 0.2) is 0 Å². The lowest BCUT2D eigenvalue weighted by Gasteiger charge is -2.05. The van der Waals surface area contributed by atoms with Crippen LogP contribution in [0.1, 0.15) is 17.7 Å². The Morgan fingerprint density at radius 3 is 2.67 bits per heavy atom. The van der Waals surface area contributed by atoms with Gasteiger partial charge in [0.05, 0.1) is 4.47 Å². The molecule has 0 saturated heterocycles. The maximum atomic E-state index is 12.2. The molecule has 0 aliphatic heterocycles. The van der Waals surface area contributed by atoms with Gasteiger partial charge in [-0.2, -0.15) is 0 Å². The standard InChI is InChI=1S/C7H7BrF2N2/c1-3-2-4(8)7(11)12-5(3)6(9)10/h2,6H,1H3,(H2,11,12). The minimum atomic E-state index is -2.57. The summed E-state index contributed by atoms with van der Waals surface area (Å²) in [6.45, 7) is 1.57. The Hall–Kier alpha value is -0.710. The van der Waals surface area contributed by atoms with E-state index in [0.717, 1.165) is 0 Å². The van der Waals surface area contributed by atoms with Crippen LogP contribution in [0.15, 0.2) is 10.5 Å². The third-order valence-corrected chi connectivity index (χ3v) is 2.07. The number of aryl methyl sites for hydroxylation is 1. The molecule has 1 aromatic rings. The Kier molecular flexibility index (Phi) is 2.62. The van der Waals surface area contributed by atoms with E-state index in [0.29, 0.717) is 10.0 Å². The van der Waals surface area contributed by atoms with Crippen LogP contribution in [0, 0.1) is 6.92 Å². The van der Waals surface area contributed by atoms with Gasteiger partial charge in [0.1, 0.15) is 11.5 Å². The summed E-state index contributed by atoms with van der Waals surface area (Å²) in [7, 11) is 0. The molecule has 0 aliphatic carbocycles. The molecule has 66 valence electrons. The quantitative estimate of drug-likeness (QED) is 0.815. The van der Waals surface area contributed by atoms with E-state index in [-0.39, 0.29) is 11.5 Å². The fourth-order valence-corrected chi connectivity index (χ4v) is 1.26. The second-order valence-corrected chi connectivity index (χ2v) is 3.21. The molecule has 5 heteroatoms. The highest BCUT2D eigenvalue weighted by atomic mass is 79.9. The fourth-order valence-electron chi connectivity index (χ4n) is 0.830. The maximum absolute atomic E-state index is 12.2. The molecule has 1 heterocycles. The molecule has 0 bridgehead atoms. The van der Waals surface area contributed by atoms with Crippen LogP contribution >= 0.6 is 15.9 Å². The van der Waals surface area contributed by atoms with Crippen LogP contribution in [-0.4, -0.2) is 4.98 Å². The van der Waals surface area contributed by atoms with Crippen molar-refractivity contribution in [2.24, 2.45) is 0 Å². The highest BCUT2D eigenvalue weighted by Crippen LogP contribution is 2.26. The van der Waals surface area contributed by atoms with Gasteiger partial charge in [-0.1, -0.05) is 0 Å². The van der Waals surface area contributed by atoms with Gasteiger partial charge in [-0.3, -0.25) is 0 Å². The van der Waals surface area contributed by atoms with E-state index < -0.39 is 6.43 Å². The highest BCUT2D eigenvalue weighted by Gasteiger charge is 2.13. The summed E-state index contributed by atoms with van der Waals surface area (Å²) in [5.41, 5.74) is 5.52. The van der Waals surface area contributed by atoms with Crippen LogP contribution < -0.4 is 5.73 Å². The van der Waals surface area contributed by atoms with Gasteiger partial charge < -0.3 is 5.73 Å². The zero-order valence-electron chi connectivity index (χ0n) is 6.31. The Morgan fingerprint density at radius 1 is 1.58 bits per heavy atom. The van der Waals surface area contributed by atoms with Crippen LogP contribution in [0.2, 0.25) is 0 Å². The molecule has 12 heavy (non-hydrogen) atoms. The van der Waals surface area contributed by atoms with Crippen LogP contribution in [0.4, 0.5) is 14.6 Å². The van der Waals surface area contributed by atoms with Gasteiger partial charge in [-0.25, -0.2) is 13.8 Å². The van der Waals surface area contributed by atoms with Crippen molar-refractivity contribution in [1.82, 2.24) is 4.98 Å². The topological polar surface area (TPSA) is 38.9 Å². The molecule has 0 spiro atoms. The first-order valence-corrected chi connectivity index (χ1v) is 4.02. The first-order valence-electron chi connectivity index (χ1n) is 3.23. The van der Waals surface area contributed by atoms with Crippen molar-refractivity contribution in [3.05, 3.63) is 21.8 Å². The number of nitrogens with zero attached hydrogens (tertiary/aromatic N) is 1. The van der Waals surface area contributed by atoms with E-state index in [4.69, 9.17) is 5.73 Å². The molecule has 0 fully saturated rings. The van der Waals surface area contributed by atoms with Gasteiger partial charge in [-0.15, -0.1) is 0 Å². The summed E-state index contributed by atoms with van der Waals surface area (Å²) >= 11 is 3.10. The summed E-state index contributed by atoms with van der Waals surface area (Å²) < 4.78 is 25.0. The maximum Gasteiger partial charge on any atom is 0.280 e. The lowest BCUT2D eigenvalue weighted by molar-refractivity contribution is 0.145. The average molecular weight is 237 g/mol. The smallest absolute Gasteiger partial charge is 0.280 e. The first kappa shape index (κ1) is 9.38. The summed E-state index contributed by atoms with van der Waals surface area (Å²) in [5, 5.41) is 0. The molecule has 0 saturated carbocycles. The lowest BCUT2D eigenvalue weighted by Crippen LogP contribution is -2.00. The number of pyridine rings is 1. The van der Waals surface area contributed by atoms with Crippen LogP contribution in [0.5, 0.6) is 0 Å². The largest absolute Gasteiger partial charge is 0.383 e. The Bertz CT molecular complexity index is 302. The molecule has 0 radical (unpaired) electrons. The number of aromatic nitrogens is 1. The molecule has 0 atom stereocenters. The summed E-state index contributed by atoms with van der Waals surface area (Å²) in [5.74, 6) is 0.0934. The summed E-state index contributed by atoms with van der Waals surface area (Å²) in [4.78, 5) is 3.55. The van der Waals surface area contributed by atoms with E-state index in [1.807, 2.05) is 0 Å². The van der Waals surface area contributed by atoms with Gasteiger partial charge in [0.2, 0.25) is 0 Å². The van der Waals surface area contributed by atoms with Gasteiger partial charge >= 0.3 is 0 Å². The Balaban J connectivity index is 3.23. The number of hydrogen-bond donors (Lipinski definition) is 1.